The first kappa shape index (κ1) is 11.1. The van der Waals surface area contributed by atoms with Gasteiger partial charge in [-0.2, -0.15) is 4.98 Å². The Morgan fingerprint density at radius 3 is 2.71 bits per heavy atom. The average Bonchev–Trinajstić information content (AvgIpc) is 2.63. The molecule has 0 spiro atoms. The summed E-state index contributed by atoms with van der Waals surface area (Å²) in [5.41, 5.74) is 0.285. The van der Waals surface area contributed by atoms with Gasteiger partial charge in [0.25, 0.3) is 11.5 Å². The van der Waals surface area contributed by atoms with Crippen LogP contribution in [-0.4, -0.2) is 26.1 Å². The minimum atomic E-state index is -0.537. The molecule has 7 nitrogen and oxygen atoms in total. The van der Waals surface area contributed by atoms with Gasteiger partial charge in [0.1, 0.15) is 11.4 Å². The summed E-state index contributed by atoms with van der Waals surface area (Å²) in [6.45, 7) is 3.45. The van der Waals surface area contributed by atoms with Gasteiger partial charge in [-0.1, -0.05) is 0 Å². The number of amides is 1. The molecule has 2 rings (SSSR count). The Morgan fingerprint density at radius 1 is 1.35 bits per heavy atom. The van der Waals surface area contributed by atoms with Crippen LogP contribution in [0.5, 0.6) is 0 Å². The Bertz CT molecular complexity index is 613. The standard InChI is InChI=1S/C10H11N5O2/c1-5-3-4-7(8(16)11-5)9(17)13-10-12-6(2)14-15-10/h3-4H,1-2H3,(H,11,16)(H2,12,13,14,15,17). The fraction of sp³-hybridized carbons (Fsp3) is 0.200. The van der Waals surface area contributed by atoms with Crippen molar-refractivity contribution in [3.63, 3.8) is 0 Å². The molecule has 0 aliphatic carbocycles. The highest BCUT2D eigenvalue weighted by Gasteiger charge is 2.12. The van der Waals surface area contributed by atoms with Crippen molar-refractivity contribution in [3.05, 3.63) is 39.6 Å². The van der Waals surface area contributed by atoms with E-state index in [-0.39, 0.29) is 11.5 Å². The summed E-state index contributed by atoms with van der Waals surface area (Å²) in [5, 5.41) is 8.76. The number of carbonyl (C=O) groups is 1. The Hall–Kier alpha value is -2.44. The molecule has 0 radical (unpaired) electrons. The van der Waals surface area contributed by atoms with Crippen LogP contribution in [0.15, 0.2) is 16.9 Å². The molecule has 0 bridgehead atoms. The summed E-state index contributed by atoms with van der Waals surface area (Å²) in [6, 6.07) is 3.11. The molecule has 0 saturated heterocycles. The minimum Gasteiger partial charge on any atom is -0.326 e. The molecule has 7 heteroatoms. The number of rotatable bonds is 2. The second kappa shape index (κ2) is 4.20. The van der Waals surface area contributed by atoms with Crippen molar-refractivity contribution < 1.29 is 4.79 Å². The lowest BCUT2D eigenvalue weighted by molar-refractivity contribution is 0.102. The summed E-state index contributed by atoms with van der Waals surface area (Å²) in [4.78, 5) is 29.7. The smallest absolute Gasteiger partial charge is 0.263 e. The molecule has 0 atom stereocenters. The molecule has 2 aromatic rings. The van der Waals surface area contributed by atoms with E-state index in [0.29, 0.717) is 11.5 Å². The molecule has 0 saturated carbocycles. The van der Waals surface area contributed by atoms with Crippen molar-refractivity contribution in [1.29, 1.82) is 0 Å². The van der Waals surface area contributed by atoms with Gasteiger partial charge < -0.3 is 4.98 Å². The first-order valence-electron chi connectivity index (χ1n) is 4.96. The highest BCUT2D eigenvalue weighted by molar-refractivity contribution is 6.02. The summed E-state index contributed by atoms with van der Waals surface area (Å²) < 4.78 is 0. The van der Waals surface area contributed by atoms with Gasteiger partial charge in [-0.3, -0.25) is 20.0 Å². The topological polar surface area (TPSA) is 104 Å². The molecule has 88 valence electrons. The van der Waals surface area contributed by atoms with Crippen LogP contribution in [-0.2, 0) is 0 Å². The zero-order chi connectivity index (χ0) is 12.4. The normalized spacial score (nSPS) is 10.2. The van der Waals surface area contributed by atoms with Crippen LogP contribution >= 0.6 is 0 Å². The van der Waals surface area contributed by atoms with Gasteiger partial charge in [-0.25, -0.2) is 0 Å². The Kier molecular flexibility index (Phi) is 2.73. The van der Waals surface area contributed by atoms with Crippen LogP contribution in [0.1, 0.15) is 21.9 Å². The number of H-pyrrole nitrogens is 2. The van der Waals surface area contributed by atoms with Crippen LogP contribution < -0.4 is 10.9 Å². The van der Waals surface area contributed by atoms with E-state index in [1.165, 1.54) is 6.07 Å². The quantitative estimate of drug-likeness (QED) is 0.696. The molecular formula is C10H11N5O2. The second-order valence-corrected chi connectivity index (χ2v) is 3.58. The third-order valence-electron chi connectivity index (χ3n) is 2.12. The van der Waals surface area contributed by atoms with E-state index in [2.05, 4.69) is 25.5 Å². The number of nitrogens with one attached hydrogen (secondary N) is 3. The molecular weight excluding hydrogens is 222 g/mol. The average molecular weight is 233 g/mol. The lowest BCUT2D eigenvalue weighted by Gasteiger charge is -2.00. The van der Waals surface area contributed by atoms with E-state index < -0.39 is 11.5 Å². The molecule has 0 aromatic carbocycles. The maximum absolute atomic E-state index is 11.7. The van der Waals surface area contributed by atoms with E-state index in [0.717, 1.165) is 0 Å². The zero-order valence-electron chi connectivity index (χ0n) is 9.37. The largest absolute Gasteiger partial charge is 0.326 e. The molecule has 2 aromatic heterocycles. The van der Waals surface area contributed by atoms with Crippen molar-refractivity contribution >= 4 is 11.9 Å². The fourth-order valence-corrected chi connectivity index (χ4v) is 1.32. The molecule has 17 heavy (non-hydrogen) atoms. The van der Waals surface area contributed by atoms with Gasteiger partial charge in [0.2, 0.25) is 5.95 Å². The maximum Gasteiger partial charge on any atom is 0.263 e. The summed E-state index contributed by atoms with van der Waals surface area (Å²) >= 11 is 0. The first-order chi connectivity index (χ1) is 8.06. The lowest BCUT2D eigenvalue weighted by atomic mass is 10.2. The van der Waals surface area contributed by atoms with Gasteiger partial charge in [0, 0.05) is 5.69 Å². The van der Waals surface area contributed by atoms with E-state index in [1.54, 1.807) is 19.9 Å². The number of carbonyl (C=O) groups excluding carboxylic acids is 1. The fourth-order valence-electron chi connectivity index (χ4n) is 1.32. The molecule has 0 unspecified atom stereocenters. The van der Waals surface area contributed by atoms with Crippen molar-refractivity contribution in [2.75, 3.05) is 5.32 Å². The summed E-state index contributed by atoms with van der Waals surface area (Å²) in [7, 11) is 0. The van der Waals surface area contributed by atoms with E-state index >= 15 is 0 Å². The highest BCUT2D eigenvalue weighted by atomic mass is 16.2. The predicted molar refractivity (Wildman–Crippen MR) is 60.9 cm³/mol. The summed E-state index contributed by atoms with van der Waals surface area (Å²) in [6.07, 6.45) is 0. The molecule has 0 aliphatic rings. The monoisotopic (exact) mass is 233 g/mol. The van der Waals surface area contributed by atoms with Gasteiger partial charge in [0.15, 0.2) is 0 Å². The SMILES string of the molecule is Cc1ccc(C(=O)Nc2n[nH]c(C)n2)c(=O)[nH]1. The van der Waals surface area contributed by atoms with Gasteiger partial charge in [-0.05, 0) is 26.0 Å². The van der Waals surface area contributed by atoms with Crippen molar-refractivity contribution in [1.82, 2.24) is 20.2 Å². The second-order valence-electron chi connectivity index (χ2n) is 3.58. The molecule has 3 N–H and O–H groups in total. The third kappa shape index (κ3) is 2.39. The van der Waals surface area contributed by atoms with Crippen LogP contribution in [0.3, 0.4) is 0 Å². The lowest BCUT2D eigenvalue weighted by Crippen LogP contribution is -2.23. The molecule has 0 fully saturated rings. The Morgan fingerprint density at radius 2 is 2.12 bits per heavy atom. The van der Waals surface area contributed by atoms with Crippen molar-refractivity contribution in [2.24, 2.45) is 0 Å². The Balaban J connectivity index is 2.23. The molecule has 1 amide bonds. The van der Waals surface area contributed by atoms with Crippen LogP contribution in [0.2, 0.25) is 0 Å². The summed E-state index contributed by atoms with van der Waals surface area (Å²) in [5.74, 6) is 0.191. The first-order valence-corrected chi connectivity index (χ1v) is 4.96. The van der Waals surface area contributed by atoms with Crippen molar-refractivity contribution in [2.45, 2.75) is 13.8 Å². The zero-order valence-corrected chi connectivity index (χ0v) is 9.37. The van der Waals surface area contributed by atoms with E-state index in [9.17, 15) is 9.59 Å². The number of hydrogen-bond donors (Lipinski definition) is 3. The number of pyridine rings is 1. The number of aryl methyl sites for hydroxylation is 2. The van der Waals surface area contributed by atoms with Crippen molar-refractivity contribution in [3.8, 4) is 0 Å². The Labute approximate surface area is 96.3 Å². The number of aromatic amines is 2. The molecule has 0 aliphatic heterocycles. The van der Waals surface area contributed by atoms with Crippen LogP contribution in [0.25, 0.3) is 0 Å². The number of nitrogens with zero attached hydrogens (tertiary/aromatic N) is 2. The van der Waals surface area contributed by atoms with Gasteiger partial charge in [-0.15, -0.1) is 5.10 Å². The molecule has 2 heterocycles. The third-order valence-corrected chi connectivity index (χ3v) is 2.12. The number of aromatic nitrogens is 4. The van der Waals surface area contributed by atoms with Crippen LogP contribution in [0.4, 0.5) is 5.95 Å². The number of hydrogen-bond acceptors (Lipinski definition) is 4. The van der Waals surface area contributed by atoms with Crippen LogP contribution in [0, 0.1) is 13.8 Å². The highest BCUT2D eigenvalue weighted by Crippen LogP contribution is 2.00. The maximum atomic E-state index is 11.7. The van der Waals surface area contributed by atoms with Gasteiger partial charge >= 0.3 is 0 Å². The van der Waals surface area contributed by atoms with Gasteiger partial charge in [0.05, 0.1) is 0 Å². The minimum absolute atomic E-state index is 0.0260. The van der Waals surface area contributed by atoms with E-state index in [1.807, 2.05) is 0 Å². The predicted octanol–water partition coefficient (Wildman–Crippen LogP) is 0.362. The number of anilines is 1. The van der Waals surface area contributed by atoms with E-state index in [4.69, 9.17) is 0 Å².